The fourth-order valence-electron chi connectivity index (χ4n) is 2.80. The van der Waals surface area contributed by atoms with Crippen molar-refractivity contribution in [3.05, 3.63) is 11.3 Å². The molecular formula is C15H16F3N5Na2O6S4. The van der Waals surface area contributed by atoms with E-state index in [9.17, 15) is 37.5 Å². The number of amides is 2. The summed E-state index contributed by atoms with van der Waals surface area (Å²) in [5.41, 5.74) is -4.43. The van der Waals surface area contributed by atoms with Crippen molar-refractivity contribution in [3.63, 3.8) is 0 Å². The van der Waals surface area contributed by atoms with Crippen LogP contribution in [-0.2, 0) is 19.2 Å². The van der Waals surface area contributed by atoms with E-state index in [0.717, 1.165) is 28.4 Å². The van der Waals surface area contributed by atoms with Gasteiger partial charge in [-0.05, 0) is 17.3 Å². The average Bonchev–Trinajstić information content (AvgIpc) is 3.19. The molecule has 184 valence electrons. The van der Waals surface area contributed by atoms with Crippen LogP contribution >= 0.6 is 47.0 Å². The van der Waals surface area contributed by atoms with Gasteiger partial charge in [0.05, 0.1) is 11.5 Å². The number of alkyl halides is 3. The summed E-state index contributed by atoms with van der Waals surface area (Å²) in [6.07, 6.45) is 0. The van der Waals surface area contributed by atoms with Crippen LogP contribution in [-0.4, -0.2) is 94.0 Å². The molecule has 1 saturated heterocycles. The Kier molecular flexibility index (Phi) is 13.4. The summed E-state index contributed by atoms with van der Waals surface area (Å²) in [6.45, 7) is 0. The zero-order valence-electron chi connectivity index (χ0n) is 20.1. The largest absolute Gasteiger partial charge is 1.00 e. The number of aliphatic carboxylic acids is 2. The molecule has 0 saturated carbocycles. The quantitative estimate of drug-likeness (QED) is 0.117. The van der Waals surface area contributed by atoms with E-state index >= 15 is 0 Å². The second kappa shape index (κ2) is 14.2. The minimum Gasteiger partial charge on any atom is -1.00 e. The van der Waals surface area contributed by atoms with Gasteiger partial charge in [0.2, 0.25) is 11.1 Å². The number of carbonyl (C=O) groups excluding carboxylic acids is 2. The molecule has 2 amide bonds. The first-order valence-corrected chi connectivity index (χ1v) is 12.8. The Balaban J connectivity index is 0. The number of thioether (sulfide) groups is 4. The van der Waals surface area contributed by atoms with Crippen molar-refractivity contribution in [2.45, 2.75) is 27.2 Å². The van der Waals surface area contributed by atoms with Gasteiger partial charge in [-0.15, -0.1) is 16.9 Å². The van der Waals surface area contributed by atoms with Crippen molar-refractivity contribution >= 4 is 70.8 Å². The number of hydrogen-bond donors (Lipinski definition) is 4. The van der Waals surface area contributed by atoms with Gasteiger partial charge in [-0.2, -0.15) is 18.2 Å². The number of halogens is 3. The number of carbonyl (C=O) groups is 4. The van der Waals surface area contributed by atoms with Crippen LogP contribution in [0.3, 0.4) is 0 Å². The van der Waals surface area contributed by atoms with Crippen LogP contribution in [0.2, 0.25) is 0 Å². The summed E-state index contributed by atoms with van der Waals surface area (Å²) in [6, 6.07) is -1.11. The van der Waals surface area contributed by atoms with Crippen LogP contribution in [0.1, 0.15) is 2.85 Å². The molecule has 11 nitrogen and oxygen atoms in total. The number of hydrogen-bond acceptors (Lipinski definition) is 10. The van der Waals surface area contributed by atoms with Gasteiger partial charge in [-0.1, -0.05) is 23.5 Å². The third kappa shape index (κ3) is 9.03. The van der Waals surface area contributed by atoms with Gasteiger partial charge in [0.25, 0.3) is 5.91 Å². The number of H-pyrrole nitrogens is 1. The van der Waals surface area contributed by atoms with Crippen molar-refractivity contribution < 1.29 is 105 Å². The van der Waals surface area contributed by atoms with Crippen LogP contribution in [0.25, 0.3) is 0 Å². The average molecular weight is 594 g/mol. The van der Waals surface area contributed by atoms with Gasteiger partial charge in [0, 0.05) is 11.5 Å². The van der Waals surface area contributed by atoms with Crippen molar-refractivity contribution in [1.82, 2.24) is 25.4 Å². The molecule has 20 heteroatoms. The topological polar surface area (TPSA) is 166 Å². The van der Waals surface area contributed by atoms with Crippen LogP contribution in [0.4, 0.5) is 13.2 Å². The molecule has 1 aromatic heterocycles. The van der Waals surface area contributed by atoms with Gasteiger partial charge >= 0.3 is 76.6 Å². The summed E-state index contributed by atoms with van der Waals surface area (Å²) < 4.78 is 36.7. The van der Waals surface area contributed by atoms with Gasteiger partial charge in [0.15, 0.2) is 5.16 Å². The number of aromatic nitrogens is 3. The van der Waals surface area contributed by atoms with Crippen molar-refractivity contribution in [1.29, 1.82) is 0 Å². The second-order valence-corrected chi connectivity index (χ2v) is 10.4. The molecule has 1 aromatic rings. The normalized spacial score (nSPS) is 19.2. The first-order valence-electron chi connectivity index (χ1n) is 8.76. The number of carboxylic acid groups (broad SMARTS) is 2. The van der Waals surface area contributed by atoms with E-state index in [2.05, 4.69) is 20.5 Å². The minimum atomic E-state index is -4.59. The van der Waals surface area contributed by atoms with E-state index in [4.69, 9.17) is 5.11 Å². The summed E-state index contributed by atoms with van der Waals surface area (Å²) >= 11 is 2.67. The van der Waals surface area contributed by atoms with E-state index in [1.54, 1.807) is 0 Å². The number of aromatic amines is 1. The van der Waals surface area contributed by atoms with Crippen LogP contribution in [0.15, 0.2) is 21.6 Å². The molecule has 0 aromatic carbocycles. The molecule has 0 aliphatic carbocycles. The van der Waals surface area contributed by atoms with Crippen molar-refractivity contribution in [2.75, 3.05) is 23.0 Å². The SMILES string of the molecule is O=C(O)CSc1nc(SCC2=C(C(=O)O)N3C(=O)C(NC(=O)CSC(F)(F)F)[C@H]3SC2)n[nH]1.[H-].[H-].[Na+].[Na+]. The molecule has 2 aliphatic heterocycles. The van der Waals surface area contributed by atoms with Crippen molar-refractivity contribution in [2.24, 2.45) is 0 Å². The van der Waals surface area contributed by atoms with E-state index < -0.39 is 58.2 Å². The zero-order valence-corrected chi connectivity index (χ0v) is 25.4. The molecule has 3 heterocycles. The Morgan fingerprint density at radius 3 is 2.51 bits per heavy atom. The molecule has 0 radical (unpaired) electrons. The molecule has 1 unspecified atom stereocenters. The van der Waals surface area contributed by atoms with Crippen LogP contribution in [0.5, 0.6) is 0 Å². The number of rotatable bonds is 10. The van der Waals surface area contributed by atoms with E-state index in [1.165, 1.54) is 11.8 Å². The minimum absolute atomic E-state index is 0. The molecule has 3 rings (SSSR count). The number of fused-ring (bicyclic) bond motifs is 1. The van der Waals surface area contributed by atoms with Gasteiger partial charge in [-0.3, -0.25) is 24.4 Å². The van der Waals surface area contributed by atoms with E-state index in [0.29, 0.717) is 5.57 Å². The third-order valence-corrected chi connectivity index (χ3v) is 7.94. The predicted octanol–water partition coefficient (Wildman–Crippen LogP) is -4.70. The molecule has 2 atom stereocenters. The Bertz CT molecular complexity index is 1030. The number of nitrogens with zero attached hydrogens (tertiary/aromatic N) is 3. The number of carboxylic acids is 2. The van der Waals surface area contributed by atoms with E-state index in [-0.39, 0.29) is 95.2 Å². The maximum atomic E-state index is 12.5. The Hall–Kier alpha value is -0.0500. The molecule has 35 heavy (non-hydrogen) atoms. The maximum absolute atomic E-state index is 12.5. The smallest absolute Gasteiger partial charge is 1.00 e. The molecule has 1 fully saturated rings. The van der Waals surface area contributed by atoms with Crippen LogP contribution < -0.4 is 64.4 Å². The predicted molar refractivity (Wildman–Crippen MR) is 116 cm³/mol. The third-order valence-electron chi connectivity index (χ3n) is 4.09. The fourth-order valence-corrected chi connectivity index (χ4v) is 6.04. The van der Waals surface area contributed by atoms with Gasteiger partial charge < -0.3 is 18.4 Å². The molecule has 0 bridgehead atoms. The molecule has 2 aliphatic rings. The van der Waals surface area contributed by atoms with E-state index in [1.807, 2.05) is 0 Å². The van der Waals surface area contributed by atoms with Crippen LogP contribution in [0, 0.1) is 0 Å². The first kappa shape index (κ1) is 33.0. The Morgan fingerprint density at radius 1 is 1.23 bits per heavy atom. The van der Waals surface area contributed by atoms with Gasteiger partial charge in [0.1, 0.15) is 17.1 Å². The first-order chi connectivity index (χ1) is 15.5. The number of β-lactam (4-membered cyclic amide) rings is 1. The van der Waals surface area contributed by atoms with Gasteiger partial charge in [-0.25, -0.2) is 4.79 Å². The standard InChI is InChI=1S/C15H14F3N5O6S4.2Na.2H/c16-15(17,18)33-3-6(24)19-8-10(27)23-9(12(28)29)5(1-30-11(8)23)2-31-13-20-14(22-21-13)32-4-7(25)26;;;;/h8,11H,1-4H2,(H,19,24)(H,25,26)(H,28,29)(H,20,21,22);;;;/q;2*+1;2*-1/t8?,11-;;;;/m1..../s1. The Labute approximate surface area is 259 Å². The summed E-state index contributed by atoms with van der Waals surface area (Å²) in [5.74, 6) is -4.85. The Morgan fingerprint density at radius 2 is 1.91 bits per heavy atom. The summed E-state index contributed by atoms with van der Waals surface area (Å²) in [7, 11) is 0. The second-order valence-electron chi connectivity index (χ2n) is 6.34. The fraction of sp³-hybridized carbons (Fsp3) is 0.467. The number of nitrogens with one attached hydrogen (secondary N) is 2. The summed E-state index contributed by atoms with van der Waals surface area (Å²) in [4.78, 5) is 51.8. The molecule has 0 spiro atoms. The maximum Gasteiger partial charge on any atom is 1.00 e. The zero-order chi connectivity index (χ0) is 24.3. The van der Waals surface area contributed by atoms with Crippen molar-refractivity contribution in [3.8, 4) is 0 Å². The molecular weight excluding hydrogens is 577 g/mol. The molecule has 4 N–H and O–H groups in total. The monoisotopic (exact) mass is 593 g/mol. The summed E-state index contributed by atoms with van der Waals surface area (Å²) in [5, 5.41) is 26.8.